The van der Waals surface area contributed by atoms with Crippen LogP contribution < -0.4 is 5.32 Å². The van der Waals surface area contributed by atoms with Crippen LogP contribution in [0.2, 0.25) is 0 Å². The molecular formula is C20H21NO7S2. The summed E-state index contributed by atoms with van der Waals surface area (Å²) in [5.74, 6) is -1.91. The van der Waals surface area contributed by atoms with Crippen LogP contribution in [-0.4, -0.2) is 45.7 Å². The highest BCUT2D eigenvalue weighted by atomic mass is 32.2. The Kier molecular flexibility index (Phi) is 6.57. The van der Waals surface area contributed by atoms with Gasteiger partial charge in [0.15, 0.2) is 16.4 Å². The zero-order valence-electron chi connectivity index (χ0n) is 16.5. The number of thiophene rings is 1. The Morgan fingerprint density at radius 2 is 1.90 bits per heavy atom. The maximum atomic E-state index is 12.3. The van der Waals surface area contributed by atoms with Gasteiger partial charge in [-0.2, -0.15) is 0 Å². The van der Waals surface area contributed by atoms with E-state index in [9.17, 15) is 22.8 Å². The highest BCUT2D eigenvalue weighted by Gasteiger charge is 2.28. The van der Waals surface area contributed by atoms with Crippen molar-refractivity contribution in [2.75, 3.05) is 24.8 Å². The molecule has 2 aromatic rings. The number of hydrogen-bond donors (Lipinski definition) is 1. The molecule has 1 aromatic carbocycles. The van der Waals surface area contributed by atoms with Gasteiger partial charge in [-0.1, -0.05) is 6.07 Å². The van der Waals surface area contributed by atoms with Crippen LogP contribution in [0.3, 0.4) is 0 Å². The summed E-state index contributed by atoms with van der Waals surface area (Å²) >= 11 is 1.33. The lowest BCUT2D eigenvalue weighted by molar-refractivity contribution is -0.119. The minimum atomic E-state index is -3.48. The van der Waals surface area contributed by atoms with Gasteiger partial charge in [0.25, 0.3) is 5.91 Å². The van der Waals surface area contributed by atoms with E-state index >= 15 is 0 Å². The average molecular weight is 452 g/mol. The lowest BCUT2D eigenvalue weighted by atomic mass is 10.1. The van der Waals surface area contributed by atoms with Crippen molar-refractivity contribution in [2.24, 2.45) is 0 Å². The summed E-state index contributed by atoms with van der Waals surface area (Å²) in [5.41, 5.74) is 1.30. The van der Waals surface area contributed by atoms with Gasteiger partial charge in [0, 0.05) is 11.1 Å². The lowest BCUT2D eigenvalue weighted by Gasteiger charge is -2.09. The Hall–Kier alpha value is -2.72. The summed E-state index contributed by atoms with van der Waals surface area (Å²) in [7, 11) is -3.48. The second-order valence-corrected chi connectivity index (χ2v) is 9.83. The third kappa shape index (κ3) is 4.88. The minimum Gasteiger partial charge on any atom is -0.462 e. The molecule has 0 saturated carbocycles. The van der Waals surface area contributed by atoms with E-state index in [0.29, 0.717) is 10.6 Å². The molecule has 8 nitrogen and oxygen atoms in total. The highest BCUT2D eigenvalue weighted by molar-refractivity contribution is 7.90. The van der Waals surface area contributed by atoms with Crippen LogP contribution in [0.15, 0.2) is 29.2 Å². The molecule has 0 saturated heterocycles. The number of fused-ring (bicyclic) bond motifs is 1. The minimum absolute atomic E-state index is 0.0198. The zero-order chi connectivity index (χ0) is 21.9. The van der Waals surface area contributed by atoms with Gasteiger partial charge in [0.1, 0.15) is 5.00 Å². The Morgan fingerprint density at radius 1 is 1.13 bits per heavy atom. The van der Waals surface area contributed by atoms with E-state index in [0.717, 1.165) is 36.0 Å². The molecule has 1 N–H and O–H groups in total. The Balaban J connectivity index is 1.67. The first-order valence-electron chi connectivity index (χ1n) is 9.29. The van der Waals surface area contributed by atoms with Crippen LogP contribution in [0, 0.1) is 0 Å². The number of hydrogen-bond acceptors (Lipinski definition) is 8. The number of aryl methyl sites for hydroxylation is 1. The Morgan fingerprint density at radius 3 is 2.60 bits per heavy atom. The van der Waals surface area contributed by atoms with E-state index in [1.165, 1.54) is 35.6 Å². The van der Waals surface area contributed by atoms with E-state index in [1.807, 2.05) is 0 Å². The summed E-state index contributed by atoms with van der Waals surface area (Å²) in [6.07, 6.45) is 3.58. The fourth-order valence-corrected chi connectivity index (χ4v) is 5.10. The van der Waals surface area contributed by atoms with Crippen LogP contribution in [0.1, 0.15) is 44.5 Å². The molecule has 1 aromatic heterocycles. The maximum Gasteiger partial charge on any atom is 0.341 e. The second kappa shape index (κ2) is 8.97. The van der Waals surface area contributed by atoms with Gasteiger partial charge in [-0.25, -0.2) is 18.0 Å². The van der Waals surface area contributed by atoms with Crippen molar-refractivity contribution < 1.29 is 32.3 Å². The van der Waals surface area contributed by atoms with Gasteiger partial charge < -0.3 is 14.8 Å². The van der Waals surface area contributed by atoms with Gasteiger partial charge in [-0.3, -0.25) is 4.79 Å². The number of benzene rings is 1. The third-order valence-corrected chi connectivity index (χ3v) is 6.80. The second-order valence-electron chi connectivity index (χ2n) is 6.71. The van der Waals surface area contributed by atoms with Crippen molar-refractivity contribution in [3.05, 3.63) is 45.8 Å². The molecule has 3 rings (SSSR count). The first-order valence-corrected chi connectivity index (χ1v) is 12.0. The standard InChI is InChI=1S/C20H21NO7S2/c1-3-27-20(24)17-14-8-5-9-15(14)29-18(17)21-16(22)11-28-19(23)12-6-4-7-13(10-12)30(2,25)26/h4,6-7,10H,3,5,8-9,11H2,1-2H3,(H,21,22). The molecular weight excluding hydrogens is 430 g/mol. The Bertz CT molecular complexity index is 1100. The molecule has 30 heavy (non-hydrogen) atoms. The van der Waals surface area contributed by atoms with E-state index < -0.39 is 34.3 Å². The fraction of sp³-hybridized carbons (Fsp3) is 0.350. The smallest absolute Gasteiger partial charge is 0.341 e. The first kappa shape index (κ1) is 22.0. The first-order chi connectivity index (χ1) is 14.2. The van der Waals surface area contributed by atoms with Crippen molar-refractivity contribution in [1.82, 2.24) is 0 Å². The summed E-state index contributed by atoms with van der Waals surface area (Å²) < 4.78 is 33.3. The van der Waals surface area contributed by atoms with E-state index in [2.05, 4.69) is 5.32 Å². The number of carbonyl (C=O) groups excluding carboxylic acids is 3. The molecule has 0 atom stereocenters. The predicted molar refractivity (Wildman–Crippen MR) is 111 cm³/mol. The molecule has 1 aliphatic carbocycles. The van der Waals surface area contributed by atoms with Crippen molar-refractivity contribution >= 4 is 44.0 Å². The molecule has 0 spiro atoms. The molecule has 10 heteroatoms. The van der Waals surface area contributed by atoms with Crippen LogP contribution >= 0.6 is 11.3 Å². The number of anilines is 1. The molecule has 160 valence electrons. The molecule has 1 heterocycles. The number of ether oxygens (including phenoxy) is 2. The molecule has 1 aliphatic rings. The van der Waals surface area contributed by atoms with Gasteiger partial charge in [0.2, 0.25) is 0 Å². The number of sulfone groups is 1. The quantitative estimate of drug-likeness (QED) is 0.643. The number of esters is 2. The summed E-state index contributed by atoms with van der Waals surface area (Å²) in [6.45, 7) is 1.36. The number of amides is 1. The summed E-state index contributed by atoms with van der Waals surface area (Å²) in [5, 5.41) is 3.01. The molecule has 0 unspecified atom stereocenters. The SMILES string of the molecule is CCOC(=O)c1c(NC(=O)COC(=O)c2cccc(S(C)(=O)=O)c2)sc2c1CCC2. The fourth-order valence-electron chi connectivity index (χ4n) is 3.14. The van der Waals surface area contributed by atoms with Crippen molar-refractivity contribution in [1.29, 1.82) is 0 Å². The number of nitrogens with one attached hydrogen (secondary N) is 1. The molecule has 1 amide bonds. The number of rotatable bonds is 7. The molecule has 0 aliphatic heterocycles. The van der Waals surface area contributed by atoms with Gasteiger partial charge in [0.05, 0.1) is 22.6 Å². The van der Waals surface area contributed by atoms with E-state index in [4.69, 9.17) is 9.47 Å². The highest BCUT2D eigenvalue weighted by Crippen LogP contribution is 2.39. The van der Waals surface area contributed by atoms with Gasteiger partial charge in [-0.05, 0) is 49.9 Å². The topological polar surface area (TPSA) is 116 Å². The normalized spacial score (nSPS) is 12.9. The summed E-state index contributed by atoms with van der Waals surface area (Å²) in [4.78, 5) is 37.8. The largest absolute Gasteiger partial charge is 0.462 e. The van der Waals surface area contributed by atoms with Crippen LogP contribution in [0.25, 0.3) is 0 Å². The lowest BCUT2D eigenvalue weighted by Crippen LogP contribution is -2.22. The summed E-state index contributed by atoms with van der Waals surface area (Å²) in [6, 6.07) is 5.38. The van der Waals surface area contributed by atoms with E-state index in [1.54, 1.807) is 6.92 Å². The zero-order valence-corrected chi connectivity index (χ0v) is 18.2. The van der Waals surface area contributed by atoms with Crippen molar-refractivity contribution in [3.8, 4) is 0 Å². The monoisotopic (exact) mass is 451 g/mol. The van der Waals surface area contributed by atoms with Crippen LogP contribution in [0.5, 0.6) is 0 Å². The third-order valence-electron chi connectivity index (χ3n) is 4.49. The molecule has 0 radical (unpaired) electrons. The van der Waals surface area contributed by atoms with Gasteiger partial charge in [-0.15, -0.1) is 11.3 Å². The maximum absolute atomic E-state index is 12.3. The van der Waals surface area contributed by atoms with Crippen molar-refractivity contribution in [2.45, 2.75) is 31.1 Å². The van der Waals surface area contributed by atoms with Crippen molar-refractivity contribution in [3.63, 3.8) is 0 Å². The Labute approximate surface area is 178 Å². The average Bonchev–Trinajstić information content (AvgIpc) is 3.26. The van der Waals surface area contributed by atoms with Crippen LogP contribution in [0.4, 0.5) is 5.00 Å². The number of carbonyl (C=O) groups is 3. The van der Waals surface area contributed by atoms with Crippen LogP contribution in [-0.2, 0) is 36.9 Å². The van der Waals surface area contributed by atoms with E-state index in [-0.39, 0.29) is 17.1 Å². The van der Waals surface area contributed by atoms with Gasteiger partial charge >= 0.3 is 11.9 Å². The molecule has 0 bridgehead atoms. The molecule has 0 fully saturated rings. The predicted octanol–water partition coefficient (Wildman–Crippen LogP) is 2.61.